The molecule has 1 heterocycles. The Morgan fingerprint density at radius 3 is 2.39 bits per heavy atom. The first kappa shape index (κ1) is 22.0. The lowest BCUT2D eigenvalue weighted by atomic mass is 9.87. The van der Waals surface area contributed by atoms with E-state index in [0.29, 0.717) is 11.2 Å². The zero-order chi connectivity index (χ0) is 22.0. The van der Waals surface area contributed by atoms with Crippen molar-refractivity contribution >= 4 is 11.6 Å². The van der Waals surface area contributed by atoms with Crippen molar-refractivity contribution in [3.05, 3.63) is 81.1 Å². The molecule has 1 aromatic heterocycles. The molecule has 31 heavy (non-hydrogen) atoms. The van der Waals surface area contributed by atoms with Crippen LogP contribution in [0, 0.1) is 6.92 Å². The molecule has 0 saturated carbocycles. The molecule has 0 aliphatic heterocycles. The van der Waals surface area contributed by atoms with Gasteiger partial charge in [-0.3, -0.25) is 4.90 Å². The summed E-state index contributed by atoms with van der Waals surface area (Å²) >= 11 is 6.78. The van der Waals surface area contributed by atoms with Gasteiger partial charge < -0.3 is 0 Å². The first-order valence-corrected chi connectivity index (χ1v) is 11.8. The van der Waals surface area contributed by atoms with Gasteiger partial charge in [-0.15, -0.1) is 0 Å². The Bertz CT molecular complexity index is 1030. The van der Waals surface area contributed by atoms with E-state index in [4.69, 9.17) is 21.6 Å². The summed E-state index contributed by atoms with van der Waals surface area (Å²) in [5.41, 5.74) is 8.63. The largest absolute Gasteiger partial charge is 0.295 e. The standard InChI is InChI=1S/C27H32ClN3/c1-5-19-12-9-13-20(6-2)25(19)27-29-18(3)23(26(28)30-27)17-31(4)24-16-10-14-21-11-7-8-15-22(21)24/h7-9,11-13,15,24H,5-6,10,14,16-17H2,1-4H3. The van der Waals surface area contributed by atoms with Crippen LogP contribution in [0.4, 0.5) is 0 Å². The molecule has 4 heteroatoms. The van der Waals surface area contributed by atoms with Gasteiger partial charge in [-0.1, -0.05) is 67.9 Å². The maximum Gasteiger partial charge on any atom is 0.161 e. The maximum absolute atomic E-state index is 6.78. The maximum atomic E-state index is 6.78. The first-order valence-electron chi connectivity index (χ1n) is 11.5. The van der Waals surface area contributed by atoms with Gasteiger partial charge in [-0.25, -0.2) is 9.97 Å². The molecular formula is C27H32ClN3. The Hall–Kier alpha value is -2.23. The first-order chi connectivity index (χ1) is 15.0. The number of aromatic nitrogens is 2. The van der Waals surface area contributed by atoms with Crippen LogP contribution in [0.1, 0.15) is 66.2 Å². The van der Waals surface area contributed by atoms with Gasteiger partial charge in [0.15, 0.2) is 5.82 Å². The molecule has 4 rings (SSSR count). The molecule has 1 atom stereocenters. The molecule has 0 saturated heterocycles. The normalized spacial score (nSPS) is 15.9. The molecule has 0 amide bonds. The fourth-order valence-corrected chi connectivity index (χ4v) is 5.20. The Kier molecular flexibility index (Phi) is 6.74. The van der Waals surface area contributed by atoms with Crippen LogP contribution in [-0.4, -0.2) is 21.9 Å². The highest BCUT2D eigenvalue weighted by Crippen LogP contribution is 2.35. The molecule has 0 radical (unpaired) electrons. The number of aryl methyl sites for hydroxylation is 4. The monoisotopic (exact) mass is 433 g/mol. The molecular weight excluding hydrogens is 402 g/mol. The second kappa shape index (κ2) is 9.50. The summed E-state index contributed by atoms with van der Waals surface area (Å²) in [6.07, 6.45) is 5.48. The van der Waals surface area contributed by atoms with Crippen molar-refractivity contribution < 1.29 is 0 Å². The van der Waals surface area contributed by atoms with Crippen LogP contribution in [0.25, 0.3) is 11.4 Å². The van der Waals surface area contributed by atoms with Gasteiger partial charge in [0.25, 0.3) is 0 Å². The van der Waals surface area contributed by atoms with Crippen LogP contribution in [0.3, 0.4) is 0 Å². The molecule has 0 fully saturated rings. The van der Waals surface area contributed by atoms with E-state index in [0.717, 1.165) is 42.0 Å². The second-order valence-corrected chi connectivity index (χ2v) is 8.94. The van der Waals surface area contributed by atoms with Crippen molar-refractivity contribution in [3.8, 4) is 11.4 Å². The average molecular weight is 434 g/mol. The van der Waals surface area contributed by atoms with Crippen molar-refractivity contribution in [1.29, 1.82) is 0 Å². The molecule has 3 nitrogen and oxygen atoms in total. The SMILES string of the molecule is CCc1cccc(CC)c1-c1nc(C)c(CN(C)C2CCCc3ccccc32)c(Cl)n1. The lowest BCUT2D eigenvalue weighted by Gasteiger charge is -2.33. The number of fused-ring (bicyclic) bond motifs is 1. The number of rotatable bonds is 6. The molecule has 1 aliphatic carbocycles. The van der Waals surface area contributed by atoms with Gasteiger partial charge in [0, 0.05) is 29.4 Å². The summed E-state index contributed by atoms with van der Waals surface area (Å²) < 4.78 is 0. The lowest BCUT2D eigenvalue weighted by Crippen LogP contribution is -2.28. The smallest absolute Gasteiger partial charge is 0.161 e. The Morgan fingerprint density at radius 2 is 1.71 bits per heavy atom. The summed E-state index contributed by atoms with van der Waals surface area (Å²) in [5.74, 6) is 0.756. The third-order valence-electron chi connectivity index (χ3n) is 6.66. The fourth-order valence-electron chi connectivity index (χ4n) is 4.93. The minimum atomic E-state index is 0.410. The van der Waals surface area contributed by atoms with E-state index in [-0.39, 0.29) is 0 Å². The fraction of sp³-hybridized carbons (Fsp3) is 0.407. The molecule has 1 unspecified atom stereocenters. The number of hydrogen-bond acceptors (Lipinski definition) is 3. The van der Waals surface area contributed by atoms with Crippen LogP contribution < -0.4 is 0 Å². The highest BCUT2D eigenvalue weighted by atomic mass is 35.5. The van der Waals surface area contributed by atoms with Crippen molar-refractivity contribution in [2.75, 3.05) is 7.05 Å². The third-order valence-corrected chi connectivity index (χ3v) is 6.98. The minimum Gasteiger partial charge on any atom is -0.295 e. The Morgan fingerprint density at radius 1 is 1.00 bits per heavy atom. The van der Waals surface area contributed by atoms with Gasteiger partial charge in [0.2, 0.25) is 0 Å². The zero-order valence-electron chi connectivity index (χ0n) is 19.1. The van der Waals surface area contributed by atoms with E-state index >= 15 is 0 Å². The summed E-state index contributed by atoms with van der Waals surface area (Å²) in [7, 11) is 2.19. The molecule has 1 aliphatic rings. The van der Waals surface area contributed by atoms with Crippen LogP contribution in [0.15, 0.2) is 42.5 Å². The second-order valence-electron chi connectivity index (χ2n) is 8.58. The predicted molar refractivity (Wildman–Crippen MR) is 130 cm³/mol. The molecule has 2 aromatic carbocycles. The van der Waals surface area contributed by atoms with Crippen molar-refractivity contribution in [3.63, 3.8) is 0 Å². The zero-order valence-corrected chi connectivity index (χ0v) is 19.8. The summed E-state index contributed by atoms with van der Waals surface area (Å²) in [4.78, 5) is 12.1. The van der Waals surface area contributed by atoms with E-state index in [9.17, 15) is 0 Å². The van der Waals surface area contributed by atoms with Crippen molar-refractivity contribution in [2.45, 2.75) is 65.5 Å². The molecule has 0 N–H and O–H groups in total. The summed E-state index contributed by atoms with van der Waals surface area (Å²) in [5, 5.41) is 0.575. The Balaban J connectivity index is 1.66. The van der Waals surface area contributed by atoms with Gasteiger partial charge in [-0.2, -0.15) is 0 Å². The quantitative estimate of drug-likeness (QED) is 0.403. The van der Waals surface area contributed by atoms with E-state index < -0.39 is 0 Å². The van der Waals surface area contributed by atoms with Crippen LogP contribution in [0.2, 0.25) is 5.15 Å². The molecule has 3 aromatic rings. The van der Waals surface area contributed by atoms with E-state index in [1.165, 1.54) is 41.5 Å². The molecule has 0 spiro atoms. The van der Waals surface area contributed by atoms with E-state index in [2.05, 4.69) is 75.2 Å². The lowest BCUT2D eigenvalue weighted by molar-refractivity contribution is 0.212. The van der Waals surface area contributed by atoms with Crippen LogP contribution in [0.5, 0.6) is 0 Å². The van der Waals surface area contributed by atoms with Crippen LogP contribution >= 0.6 is 11.6 Å². The topological polar surface area (TPSA) is 29.0 Å². The summed E-state index contributed by atoms with van der Waals surface area (Å²) in [6, 6.07) is 15.7. The number of benzene rings is 2. The minimum absolute atomic E-state index is 0.410. The third kappa shape index (κ3) is 4.40. The number of halogens is 1. The Labute approximate surface area is 191 Å². The number of nitrogens with zero attached hydrogens (tertiary/aromatic N) is 3. The predicted octanol–water partition coefficient (Wildman–Crippen LogP) is 6.74. The summed E-state index contributed by atoms with van der Waals surface area (Å²) in [6.45, 7) is 7.17. The van der Waals surface area contributed by atoms with Gasteiger partial charge in [0.1, 0.15) is 5.15 Å². The molecule has 162 valence electrons. The highest BCUT2D eigenvalue weighted by molar-refractivity contribution is 6.30. The van der Waals surface area contributed by atoms with E-state index in [1.54, 1.807) is 0 Å². The molecule has 0 bridgehead atoms. The highest BCUT2D eigenvalue weighted by Gasteiger charge is 2.25. The van der Waals surface area contributed by atoms with Crippen molar-refractivity contribution in [2.24, 2.45) is 0 Å². The van der Waals surface area contributed by atoms with Crippen LogP contribution in [-0.2, 0) is 25.8 Å². The van der Waals surface area contributed by atoms with Gasteiger partial charge in [0.05, 0.1) is 0 Å². The average Bonchev–Trinajstić information content (AvgIpc) is 2.80. The van der Waals surface area contributed by atoms with Gasteiger partial charge in [-0.05, 0) is 68.3 Å². The van der Waals surface area contributed by atoms with Gasteiger partial charge >= 0.3 is 0 Å². The van der Waals surface area contributed by atoms with Crippen molar-refractivity contribution in [1.82, 2.24) is 14.9 Å². The van der Waals surface area contributed by atoms with E-state index in [1.807, 2.05) is 0 Å². The number of hydrogen-bond donors (Lipinski definition) is 0.